The van der Waals surface area contributed by atoms with Crippen LogP contribution < -0.4 is 17.0 Å². The minimum Gasteiger partial charge on any atom is -0.447 e. The molecule has 4 aromatic rings. The molecule has 41 heavy (non-hydrogen) atoms. The molecular weight excluding hydrogens is 581 g/mol. The predicted molar refractivity (Wildman–Crippen MR) is 151 cm³/mol. The highest BCUT2D eigenvalue weighted by Gasteiger charge is 2.34. The number of anilines is 1. The van der Waals surface area contributed by atoms with Crippen LogP contribution in [0, 0.1) is 0 Å². The summed E-state index contributed by atoms with van der Waals surface area (Å²) in [6, 6.07) is 10.3. The smallest absolute Gasteiger partial charge is 0.427 e. The van der Waals surface area contributed by atoms with E-state index in [0.29, 0.717) is 34.8 Å². The normalized spacial score (nSPS) is 16.8. The first-order valence-electron chi connectivity index (χ1n) is 12.8. The number of fused-ring (bicyclic) bond motifs is 2. The quantitative estimate of drug-likeness (QED) is 0.303. The van der Waals surface area contributed by atoms with Crippen molar-refractivity contribution in [3.63, 3.8) is 0 Å². The summed E-state index contributed by atoms with van der Waals surface area (Å²) in [5, 5.41) is 0.899. The molecule has 14 heteroatoms. The van der Waals surface area contributed by atoms with Crippen LogP contribution in [-0.4, -0.2) is 44.7 Å². The van der Waals surface area contributed by atoms with Gasteiger partial charge in [0.2, 0.25) is 0 Å². The van der Waals surface area contributed by atoms with Crippen LogP contribution in [0.25, 0.3) is 21.5 Å². The monoisotopic (exact) mass is 606 g/mol. The van der Waals surface area contributed by atoms with Gasteiger partial charge in [0.05, 0.1) is 36.2 Å². The molecule has 4 N–H and O–H groups in total. The second-order valence-electron chi connectivity index (χ2n) is 9.65. The molecule has 2 aliphatic heterocycles. The molecule has 216 valence electrons. The molecule has 4 heterocycles. The minimum atomic E-state index is -4.50. The van der Waals surface area contributed by atoms with Crippen LogP contribution in [0.2, 0.25) is 5.02 Å². The fourth-order valence-corrected chi connectivity index (χ4v) is 5.75. The first-order chi connectivity index (χ1) is 19.5. The largest absolute Gasteiger partial charge is 0.447 e. The molecule has 0 spiro atoms. The van der Waals surface area contributed by atoms with E-state index in [4.69, 9.17) is 27.8 Å². The Labute approximate surface area is 241 Å². The molecule has 1 unspecified atom stereocenters. The van der Waals surface area contributed by atoms with E-state index in [1.54, 1.807) is 24.3 Å². The number of hydrogen-bond acceptors (Lipinski definition) is 8. The number of hydrogen-bond donors (Lipinski definition) is 2. The average Bonchev–Trinajstić information content (AvgIpc) is 3.60. The van der Waals surface area contributed by atoms with Gasteiger partial charge < -0.3 is 21.1 Å². The lowest BCUT2D eigenvalue weighted by molar-refractivity contribution is -0.134. The van der Waals surface area contributed by atoms with Crippen molar-refractivity contribution in [3.8, 4) is 10.6 Å². The van der Waals surface area contributed by atoms with Crippen LogP contribution in [-0.2, 0) is 24.0 Å². The van der Waals surface area contributed by atoms with Crippen LogP contribution in [0.3, 0.4) is 0 Å². The third kappa shape index (κ3) is 6.16. The number of amides is 1. The van der Waals surface area contributed by atoms with E-state index >= 15 is 0 Å². The number of carbonyl (C=O) groups excluding carboxylic acids is 1. The average molecular weight is 607 g/mol. The molecule has 1 amide bonds. The number of piperidine rings is 1. The molecule has 2 saturated heterocycles. The maximum atomic E-state index is 13.1. The number of nitrogen functional groups attached to an aromatic ring is 1. The standard InChI is InChI=1S/C20H15ClF3N5OS.C7H11NO2/c21-11-3-1-10(2-4-11)9-29-17(7-25)28-15-6-12(14(26)5-13(15)19(29)30)18-27-8-16(31-18)20(22,23)24;9-7-8-4-2-1-3-6(8)5-10-7/h1-6,8H,7,9,25-26H2;6H,1-5H2. The Balaban J connectivity index is 0.000000282. The van der Waals surface area contributed by atoms with Gasteiger partial charge in [-0.25, -0.2) is 14.8 Å². The molecule has 1 atom stereocenters. The van der Waals surface area contributed by atoms with Crippen molar-refractivity contribution in [2.75, 3.05) is 18.9 Å². The summed E-state index contributed by atoms with van der Waals surface area (Å²) >= 11 is 6.38. The van der Waals surface area contributed by atoms with Crippen molar-refractivity contribution in [3.05, 3.63) is 74.2 Å². The van der Waals surface area contributed by atoms with Crippen molar-refractivity contribution in [1.29, 1.82) is 0 Å². The Morgan fingerprint density at radius 3 is 2.56 bits per heavy atom. The lowest BCUT2D eigenvalue weighted by Gasteiger charge is -2.25. The number of thiazole rings is 1. The second-order valence-corrected chi connectivity index (χ2v) is 11.1. The molecule has 0 bridgehead atoms. The third-order valence-corrected chi connectivity index (χ3v) is 8.24. The maximum absolute atomic E-state index is 13.1. The van der Waals surface area contributed by atoms with E-state index in [1.165, 1.54) is 23.1 Å². The van der Waals surface area contributed by atoms with Crippen LogP contribution in [0.4, 0.5) is 23.7 Å². The number of nitrogens with two attached hydrogens (primary N) is 2. The molecule has 2 aliphatic rings. The number of carbonyl (C=O) groups is 1. The number of alkyl halides is 3. The van der Waals surface area contributed by atoms with Gasteiger partial charge in [0.25, 0.3) is 5.56 Å². The molecule has 9 nitrogen and oxygen atoms in total. The Morgan fingerprint density at radius 2 is 1.90 bits per heavy atom. The molecule has 0 aliphatic carbocycles. The SMILES string of the molecule is NCc1nc2cc(-c3ncc(C(F)(F)F)s3)c(N)cc2c(=O)n1Cc1ccc(Cl)cc1.O=C1OCC2CCCCN12. The highest BCUT2D eigenvalue weighted by atomic mass is 35.5. The van der Waals surface area contributed by atoms with Gasteiger partial charge in [0.1, 0.15) is 22.3 Å². The molecule has 0 saturated carbocycles. The molecule has 2 aromatic heterocycles. The number of cyclic esters (lactones) is 1. The molecule has 2 aromatic carbocycles. The predicted octanol–water partition coefficient (Wildman–Crippen LogP) is 5.27. The fourth-order valence-electron chi connectivity index (χ4n) is 4.80. The van der Waals surface area contributed by atoms with Gasteiger partial charge in [-0.2, -0.15) is 13.2 Å². The number of aromatic nitrogens is 3. The zero-order chi connectivity index (χ0) is 29.3. The topological polar surface area (TPSA) is 129 Å². The third-order valence-electron chi connectivity index (χ3n) is 6.92. The first kappa shape index (κ1) is 28.8. The van der Waals surface area contributed by atoms with E-state index in [-0.39, 0.29) is 51.9 Å². The number of benzene rings is 2. The van der Waals surface area contributed by atoms with Crippen LogP contribution in [0.15, 0.2) is 47.4 Å². The Kier molecular flexibility index (Phi) is 8.20. The summed E-state index contributed by atoms with van der Waals surface area (Å²) in [7, 11) is 0. The summed E-state index contributed by atoms with van der Waals surface area (Å²) in [5.41, 5.74) is 13.0. The van der Waals surface area contributed by atoms with Crippen molar-refractivity contribution in [2.24, 2.45) is 5.73 Å². The fraction of sp³-hybridized carbons (Fsp3) is 0.333. The molecule has 2 fully saturated rings. The number of ether oxygens (including phenoxy) is 1. The van der Waals surface area contributed by atoms with Crippen molar-refractivity contribution in [2.45, 2.75) is 44.6 Å². The number of rotatable bonds is 4. The second kappa shape index (κ2) is 11.7. The first-order valence-corrected chi connectivity index (χ1v) is 14.0. The van der Waals surface area contributed by atoms with Gasteiger partial charge in [0, 0.05) is 22.8 Å². The summed E-state index contributed by atoms with van der Waals surface area (Å²) in [5.74, 6) is 0.332. The van der Waals surface area contributed by atoms with Crippen LogP contribution in [0.5, 0.6) is 0 Å². The van der Waals surface area contributed by atoms with Crippen molar-refractivity contribution < 1.29 is 22.7 Å². The highest BCUT2D eigenvalue weighted by Crippen LogP contribution is 2.39. The van der Waals surface area contributed by atoms with Crippen LogP contribution in [0.1, 0.15) is 35.5 Å². The lowest BCUT2D eigenvalue weighted by atomic mass is 10.0. The van der Waals surface area contributed by atoms with Gasteiger partial charge in [-0.15, -0.1) is 11.3 Å². The Bertz CT molecular complexity index is 1640. The Hall–Kier alpha value is -3.68. The lowest BCUT2D eigenvalue weighted by Crippen LogP contribution is -2.37. The van der Waals surface area contributed by atoms with Crippen molar-refractivity contribution in [1.82, 2.24) is 19.4 Å². The molecule has 6 rings (SSSR count). The molecule has 0 radical (unpaired) electrons. The zero-order valence-corrected chi connectivity index (χ0v) is 23.2. The van der Waals surface area contributed by atoms with E-state index in [9.17, 15) is 22.8 Å². The van der Waals surface area contributed by atoms with Gasteiger partial charge in [0.15, 0.2) is 0 Å². The van der Waals surface area contributed by atoms with Gasteiger partial charge in [-0.1, -0.05) is 23.7 Å². The summed E-state index contributed by atoms with van der Waals surface area (Å²) < 4.78 is 45.1. The van der Waals surface area contributed by atoms with E-state index in [2.05, 4.69) is 9.97 Å². The van der Waals surface area contributed by atoms with Gasteiger partial charge >= 0.3 is 12.3 Å². The van der Waals surface area contributed by atoms with Crippen LogP contribution >= 0.6 is 22.9 Å². The minimum absolute atomic E-state index is 0.00600. The summed E-state index contributed by atoms with van der Waals surface area (Å²) in [6.07, 6.45) is -0.325. The van der Waals surface area contributed by atoms with Gasteiger partial charge in [-0.05, 0) is 49.1 Å². The summed E-state index contributed by atoms with van der Waals surface area (Å²) in [4.78, 5) is 33.4. The van der Waals surface area contributed by atoms with E-state index < -0.39 is 11.1 Å². The number of nitrogens with zero attached hydrogens (tertiary/aromatic N) is 4. The maximum Gasteiger partial charge on any atom is 0.427 e. The van der Waals surface area contributed by atoms with E-state index in [1.807, 2.05) is 4.90 Å². The highest BCUT2D eigenvalue weighted by molar-refractivity contribution is 7.15. The number of halogens is 4. The van der Waals surface area contributed by atoms with E-state index in [0.717, 1.165) is 31.1 Å². The van der Waals surface area contributed by atoms with Gasteiger partial charge in [-0.3, -0.25) is 9.36 Å². The van der Waals surface area contributed by atoms with Crippen molar-refractivity contribution >= 4 is 45.6 Å². The molecular formula is C27H26ClF3N6O3S. The summed E-state index contributed by atoms with van der Waals surface area (Å²) in [6.45, 7) is 1.75. The zero-order valence-electron chi connectivity index (χ0n) is 21.7. The Morgan fingerprint density at radius 1 is 1.15 bits per heavy atom.